The molecule has 6 aromatic rings. The zero-order valence-electron chi connectivity index (χ0n) is 28.2. The number of carbonyl (C=O) groups is 3. The number of benzene rings is 5. The van der Waals surface area contributed by atoms with Crippen LogP contribution in [0.3, 0.4) is 0 Å². The van der Waals surface area contributed by atoms with Crippen LogP contribution in [0.15, 0.2) is 149 Å². The highest BCUT2D eigenvalue weighted by Crippen LogP contribution is 2.38. The van der Waals surface area contributed by atoms with Gasteiger partial charge in [-0.2, -0.15) is 0 Å². The number of nitrogens with zero attached hydrogens (tertiary/aromatic N) is 1. The van der Waals surface area contributed by atoms with Gasteiger partial charge < -0.3 is 25.4 Å². The molecule has 5 aromatic carbocycles. The van der Waals surface area contributed by atoms with Gasteiger partial charge >= 0.3 is 0 Å². The van der Waals surface area contributed by atoms with Gasteiger partial charge in [0.15, 0.2) is 5.13 Å². The molecule has 0 aliphatic rings. The van der Waals surface area contributed by atoms with Crippen LogP contribution < -0.4 is 25.4 Å². The Morgan fingerprint density at radius 3 is 2.19 bits per heavy atom. The van der Waals surface area contributed by atoms with Crippen molar-refractivity contribution < 1.29 is 23.9 Å². The van der Waals surface area contributed by atoms with E-state index >= 15 is 0 Å². The second-order valence-corrected chi connectivity index (χ2v) is 13.3. The molecule has 0 saturated carbocycles. The molecule has 1 aromatic heterocycles. The van der Waals surface area contributed by atoms with Gasteiger partial charge in [-0.05, 0) is 71.8 Å². The first-order valence-corrected chi connectivity index (χ1v) is 17.9. The fourth-order valence-corrected chi connectivity index (χ4v) is 6.95. The summed E-state index contributed by atoms with van der Waals surface area (Å²) < 4.78 is 10.7. The van der Waals surface area contributed by atoms with E-state index in [4.69, 9.17) is 9.47 Å². The largest absolute Gasteiger partial charge is 0.497 e. The summed E-state index contributed by atoms with van der Waals surface area (Å²) >= 11 is 2.68. The third-order valence-corrected chi connectivity index (χ3v) is 9.73. The Bertz CT molecular complexity index is 2210. The quantitative estimate of drug-likeness (QED) is 0.0805. The fraction of sp³-hybridized carbons (Fsp3) is 0.0732. The van der Waals surface area contributed by atoms with Crippen LogP contribution in [0.1, 0.15) is 26.7 Å². The van der Waals surface area contributed by atoms with E-state index in [0.29, 0.717) is 27.7 Å². The van der Waals surface area contributed by atoms with E-state index < -0.39 is 17.1 Å². The molecule has 0 bridgehead atoms. The summed E-state index contributed by atoms with van der Waals surface area (Å²) in [6.45, 7) is 0. The topological polar surface area (TPSA) is 119 Å². The molecule has 0 spiro atoms. The standard InChI is InChI=1S/C41H34N4O5S2/c1-49-32-19-9-12-27(22-32)23-35(43-38(46)29-15-7-4-8-16-29)39(47)42-31-18-11-21-34(25-31)52-37(28-13-5-3-6-14-28)40(48)45-41-44-36(26-51-41)30-17-10-20-33(24-30)50-2/h3-26,37H,1-2H3,(H,42,47)(H,43,46)(H,44,45,48)/b35-23-. The molecule has 0 radical (unpaired) electrons. The number of aromatic nitrogens is 1. The number of hydrogen-bond donors (Lipinski definition) is 3. The molecule has 0 saturated heterocycles. The van der Waals surface area contributed by atoms with Gasteiger partial charge in [0.05, 0.1) is 19.9 Å². The van der Waals surface area contributed by atoms with E-state index in [-0.39, 0.29) is 11.6 Å². The van der Waals surface area contributed by atoms with Crippen molar-refractivity contribution in [1.82, 2.24) is 10.3 Å². The number of amides is 3. The second-order valence-electron chi connectivity index (χ2n) is 11.3. The molecule has 6 rings (SSSR count). The van der Waals surface area contributed by atoms with E-state index in [0.717, 1.165) is 27.5 Å². The lowest BCUT2D eigenvalue weighted by Crippen LogP contribution is -2.30. The van der Waals surface area contributed by atoms with Crippen LogP contribution in [0, 0.1) is 0 Å². The highest BCUT2D eigenvalue weighted by atomic mass is 32.2. The molecule has 9 nitrogen and oxygen atoms in total. The lowest BCUT2D eigenvalue weighted by Gasteiger charge is -2.17. The molecule has 1 atom stereocenters. The van der Waals surface area contributed by atoms with Crippen LogP contribution in [0.5, 0.6) is 11.5 Å². The number of thiazole rings is 1. The number of hydrogen-bond acceptors (Lipinski definition) is 8. The summed E-state index contributed by atoms with van der Waals surface area (Å²) in [5.41, 5.74) is 4.00. The maximum atomic E-state index is 13.8. The molecule has 3 amide bonds. The number of anilines is 2. The molecular weight excluding hydrogens is 693 g/mol. The van der Waals surface area contributed by atoms with Gasteiger partial charge in [0.2, 0.25) is 5.91 Å². The molecule has 0 aliphatic carbocycles. The van der Waals surface area contributed by atoms with Crippen molar-refractivity contribution in [3.8, 4) is 22.8 Å². The molecule has 11 heteroatoms. The summed E-state index contributed by atoms with van der Waals surface area (Å²) in [6.07, 6.45) is 1.59. The number of ether oxygens (including phenoxy) is 2. The fourth-order valence-electron chi connectivity index (χ4n) is 5.14. The van der Waals surface area contributed by atoms with Crippen LogP contribution >= 0.6 is 23.1 Å². The Balaban J connectivity index is 1.21. The minimum atomic E-state index is -0.634. The number of methoxy groups -OCH3 is 2. The SMILES string of the molecule is COc1cccc(/C=C(\NC(=O)c2ccccc2)C(=O)Nc2cccc(SC(C(=O)Nc3nc(-c4cccc(OC)c4)cs3)c3ccccc3)c2)c1. The highest BCUT2D eigenvalue weighted by molar-refractivity contribution is 8.00. The highest BCUT2D eigenvalue weighted by Gasteiger charge is 2.24. The maximum Gasteiger partial charge on any atom is 0.272 e. The molecule has 0 aliphatic heterocycles. The van der Waals surface area contributed by atoms with E-state index in [1.165, 1.54) is 23.1 Å². The smallest absolute Gasteiger partial charge is 0.272 e. The number of carbonyl (C=O) groups excluding carboxylic acids is 3. The lowest BCUT2D eigenvalue weighted by molar-refractivity contribution is -0.116. The van der Waals surface area contributed by atoms with Crippen LogP contribution in [-0.4, -0.2) is 36.9 Å². The van der Waals surface area contributed by atoms with E-state index in [2.05, 4.69) is 20.9 Å². The van der Waals surface area contributed by atoms with Crippen molar-refractivity contribution in [3.63, 3.8) is 0 Å². The number of nitrogens with one attached hydrogen (secondary N) is 3. The summed E-state index contributed by atoms with van der Waals surface area (Å²) in [7, 11) is 3.17. The zero-order chi connectivity index (χ0) is 36.3. The maximum absolute atomic E-state index is 13.8. The predicted octanol–water partition coefficient (Wildman–Crippen LogP) is 8.71. The Morgan fingerprint density at radius 2 is 1.44 bits per heavy atom. The predicted molar refractivity (Wildman–Crippen MR) is 208 cm³/mol. The summed E-state index contributed by atoms with van der Waals surface area (Å²) in [5.74, 6) is 0.126. The Labute approximate surface area is 309 Å². The summed E-state index contributed by atoms with van der Waals surface area (Å²) in [4.78, 5) is 46.1. The normalized spacial score (nSPS) is 11.6. The third-order valence-electron chi connectivity index (χ3n) is 7.72. The lowest BCUT2D eigenvalue weighted by atomic mass is 10.1. The van der Waals surface area contributed by atoms with Crippen molar-refractivity contribution in [3.05, 3.63) is 161 Å². The van der Waals surface area contributed by atoms with E-state index in [9.17, 15) is 14.4 Å². The molecule has 1 heterocycles. The first-order chi connectivity index (χ1) is 25.4. The van der Waals surface area contributed by atoms with Gasteiger partial charge in [0, 0.05) is 27.1 Å². The average molecular weight is 727 g/mol. The third kappa shape index (κ3) is 9.33. The Kier molecular flexibility index (Phi) is 11.8. The van der Waals surface area contributed by atoms with Gasteiger partial charge in [-0.1, -0.05) is 78.9 Å². The van der Waals surface area contributed by atoms with Crippen molar-refractivity contribution >= 4 is 57.7 Å². The van der Waals surface area contributed by atoms with Crippen molar-refractivity contribution in [2.24, 2.45) is 0 Å². The average Bonchev–Trinajstić information content (AvgIpc) is 3.66. The molecule has 52 heavy (non-hydrogen) atoms. The van der Waals surface area contributed by atoms with Gasteiger partial charge in [0.25, 0.3) is 11.8 Å². The van der Waals surface area contributed by atoms with Crippen molar-refractivity contribution in [2.75, 3.05) is 24.9 Å². The van der Waals surface area contributed by atoms with Gasteiger partial charge in [-0.3, -0.25) is 14.4 Å². The van der Waals surface area contributed by atoms with Crippen LogP contribution in [0.25, 0.3) is 17.3 Å². The summed E-state index contributed by atoms with van der Waals surface area (Å²) in [5, 5.41) is 10.4. The molecular formula is C41H34N4O5S2. The monoisotopic (exact) mass is 726 g/mol. The second kappa shape index (κ2) is 17.2. The van der Waals surface area contributed by atoms with Crippen LogP contribution in [0.2, 0.25) is 0 Å². The minimum Gasteiger partial charge on any atom is -0.497 e. The molecule has 1 unspecified atom stereocenters. The molecule has 0 fully saturated rings. The van der Waals surface area contributed by atoms with E-state index in [1.807, 2.05) is 78.2 Å². The zero-order valence-corrected chi connectivity index (χ0v) is 29.9. The van der Waals surface area contributed by atoms with Crippen molar-refractivity contribution in [2.45, 2.75) is 10.1 Å². The van der Waals surface area contributed by atoms with Crippen LogP contribution in [-0.2, 0) is 9.59 Å². The van der Waals surface area contributed by atoms with E-state index in [1.54, 1.807) is 81.0 Å². The Morgan fingerprint density at radius 1 is 0.750 bits per heavy atom. The van der Waals surface area contributed by atoms with Gasteiger partial charge in [-0.25, -0.2) is 4.98 Å². The molecule has 260 valence electrons. The van der Waals surface area contributed by atoms with Crippen LogP contribution in [0.4, 0.5) is 10.8 Å². The summed E-state index contributed by atoms with van der Waals surface area (Å²) in [6, 6.07) is 40.1. The first kappa shape index (κ1) is 35.6. The van der Waals surface area contributed by atoms with Gasteiger partial charge in [-0.15, -0.1) is 23.1 Å². The number of thioether (sulfide) groups is 1. The number of rotatable bonds is 13. The minimum absolute atomic E-state index is 0.0402. The van der Waals surface area contributed by atoms with Gasteiger partial charge in [0.1, 0.15) is 22.4 Å². The first-order valence-electron chi connectivity index (χ1n) is 16.1. The Hall–Kier alpha value is -6.17. The molecule has 3 N–H and O–H groups in total. The van der Waals surface area contributed by atoms with Crippen molar-refractivity contribution in [1.29, 1.82) is 0 Å².